The van der Waals surface area contributed by atoms with Gasteiger partial charge in [-0.1, -0.05) is 46.9 Å². The molecule has 1 fully saturated rings. The van der Waals surface area contributed by atoms with Gasteiger partial charge in [-0.25, -0.2) is 4.98 Å². The van der Waals surface area contributed by atoms with Crippen molar-refractivity contribution in [3.05, 3.63) is 69.8 Å². The number of pyridine rings is 1. The first-order chi connectivity index (χ1) is 15.0. The summed E-state index contributed by atoms with van der Waals surface area (Å²) >= 11 is 19.4. The Hall–Kier alpha value is -2.24. The minimum atomic E-state index is 0.583. The summed E-state index contributed by atoms with van der Waals surface area (Å²) in [4.78, 5) is 7.01. The van der Waals surface area contributed by atoms with Crippen molar-refractivity contribution in [1.29, 1.82) is 0 Å². The van der Waals surface area contributed by atoms with Crippen molar-refractivity contribution in [2.45, 2.75) is 0 Å². The van der Waals surface area contributed by atoms with Crippen LogP contribution in [0.15, 0.2) is 54.7 Å². The van der Waals surface area contributed by atoms with Gasteiger partial charge in [-0.15, -0.1) is 0 Å². The molecule has 1 N–H and O–H groups in total. The number of benzene rings is 2. The Bertz CT molecular complexity index is 1240. The Kier molecular flexibility index (Phi) is 5.57. The molecule has 0 radical (unpaired) electrons. The lowest BCUT2D eigenvalue weighted by molar-refractivity contribution is 0.589. The molecule has 1 aliphatic rings. The van der Waals surface area contributed by atoms with Crippen LogP contribution in [-0.2, 0) is 7.05 Å². The van der Waals surface area contributed by atoms with E-state index in [-0.39, 0.29) is 0 Å². The van der Waals surface area contributed by atoms with Crippen LogP contribution in [0, 0.1) is 0 Å². The number of hydrogen-bond donors (Lipinski definition) is 1. The topological polar surface area (TPSA) is 33.1 Å². The molecule has 2 aromatic heterocycles. The van der Waals surface area contributed by atoms with Crippen molar-refractivity contribution in [3.63, 3.8) is 0 Å². The van der Waals surface area contributed by atoms with Crippen LogP contribution < -0.4 is 10.2 Å². The third kappa shape index (κ3) is 3.79. The van der Waals surface area contributed by atoms with Gasteiger partial charge in [0, 0.05) is 66.1 Å². The largest absolute Gasteiger partial charge is 0.369 e. The molecule has 3 heterocycles. The zero-order valence-corrected chi connectivity index (χ0v) is 19.3. The number of fused-ring (bicyclic) bond motifs is 1. The van der Waals surface area contributed by atoms with E-state index < -0.39 is 0 Å². The number of hydrogen-bond acceptors (Lipinski definition) is 3. The maximum absolute atomic E-state index is 6.66. The van der Waals surface area contributed by atoms with Crippen molar-refractivity contribution in [3.8, 4) is 22.4 Å². The first kappa shape index (κ1) is 20.7. The van der Waals surface area contributed by atoms with E-state index in [0.29, 0.717) is 15.1 Å². The molecule has 0 spiro atoms. The van der Waals surface area contributed by atoms with Gasteiger partial charge in [0.05, 0.1) is 10.7 Å². The lowest BCUT2D eigenvalue weighted by Crippen LogP contribution is -2.43. The lowest BCUT2D eigenvalue weighted by atomic mass is 9.98. The molecule has 0 unspecified atom stereocenters. The minimum Gasteiger partial charge on any atom is -0.369 e. The van der Waals surface area contributed by atoms with E-state index in [1.54, 1.807) is 12.3 Å². The third-order valence-corrected chi connectivity index (χ3v) is 6.55. The Morgan fingerprint density at radius 1 is 0.871 bits per heavy atom. The number of anilines is 1. The second-order valence-electron chi connectivity index (χ2n) is 7.72. The maximum atomic E-state index is 6.66. The summed E-state index contributed by atoms with van der Waals surface area (Å²) in [5.74, 6) is 0. The molecule has 1 saturated heterocycles. The van der Waals surface area contributed by atoms with Crippen molar-refractivity contribution in [2.75, 3.05) is 31.1 Å². The number of piperazine rings is 1. The van der Waals surface area contributed by atoms with Gasteiger partial charge >= 0.3 is 0 Å². The standard InChI is InChI=1S/C24H21Cl3N4/c1-30-23(15-2-4-19(5-3-15)31-10-8-28-9-11-31)21(16-12-17(25)14-18(26)13-16)22-20(27)6-7-29-24(22)30/h2-7,12-14,28H,8-11H2,1H3. The van der Waals surface area contributed by atoms with Crippen LogP contribution in [0.1, 0.15) is 0 Å². The van der Waals surface area contributed by atoms with Crippen molar-refractivity contribution in [1.82, 2.24) is 14.9 Å². The number of nitrogens with one attached hydrogen (secondary N) is 1. The molecule has 2 aromatic carbocycles. The van der Waals surface area contributed by atoms with Gasteiger partial charge in [0.1, 0.15) is 5.65 Å². The van der Waals surface area contributed by atoms with Gasteiger partial charge in [0.2, 0.25) is 0 Å². The van der Waals surface area contributed by atoms with Crippen LogP contribution in [0.4, 0.5) is 5.69 Å². The van der Waals surface area contributed by atoms with Crippen LogP contribution in [0.5, 0.6) is 0 Å². The van der Waals surface area contributed by atoms with Crippen molar-refractivity contribution < 1.29 is 0 Å². The molecule has 0 aliphatic carbocycles. The number of nitrogens with zero attached hydrogens (tertiary/aromatic N) is 3. The molecule has 158 valence electrons. The fraction of sp³-hybridized carbons (Fsp3) is 0.208. The summed E-state index contributed by atoms with van der Waals surface area (Å²) in [5.41, 5.74) is 6.06. The van der Waals surface area contributed by atoms with Gasteiger partial charge in [0.25, 0.3) is 0 Å². The number of aromatic nitrogens is 2. The van der Waals surface area contributed by atoms with Crippen LogP contribution in [-0.4, -0.2) is 35.7 Å². The van der Waals surface area contributed by atoms with E-state index in [2.05, 4.69) is 44.0 Å². The highest BCUT2D eigenvalue weighted by Gasteiger charge is 2.22. The van der Waals surface area contributed by atoms with E-state index >= 15 is 0 Å². The average molecular weight is 472 g/mol. The van der Waals surface area contributed by atoms with Gasteiger partial charge in [0.15, 0.2) is 0 Å². The fourth-order valence-electron chi connectivity index (χ4n) is 4.38. The predicted octanol–water partition coefficient (Wildman–Crippen LogP) is 6.28. The van der Waals surface area contributed by atoms with Crippen molar-refractivity contribution >= 4 is 51.5 Å². The summed E-state index contributed by atoms with van der Waals surface area (Å²) < 4.78 is 2.09. The predicted molar refractivity (Wildman–Crippen MR) is 132 cm³/mol. The SMILES string of the molecule is Cn1c(-c2ccc(N3CCNCC3)cc2)c(-c2cc(Cl)cc(Cl)c2)c2c(Cl)ccnc21. The van der Waals surface area contributed by atoms with Crippen LogP contribution in [0.2, 0.25) is 15.1 Å². The van der Waals surface area contributed by atoms with Crippen LogP contribution in [0.25, 0.3) is 33.4 Å². The fourth-order valence-corrected chi connectivity index (χ4v) is 5.14. The maximum Gasteiger partial charge on any atom is 0.142 e. The van der Waals surface area contributed by atoms with Crippen molar-refractivity contribution in [2.24, 2.45) is 7.05 Å². The summed E-state index contributed by atoms with van der Waals surface area (Å²) in [5, 5.41) is 6.11. The highest BCUT2D eigenvalue weighted by molar-refractivity contribution is 6.37. The van der Waals surface area contributed by atoms with Gasteiger partial charge in [-0.05, 0) is 47.5 Å². The number of aryl methyl sites for hydroxylation is 1. The molecule has 0 amide bonds. The zero-order valence-electron chi connectivity index (χ0n) is 17.0. The molecule has 7 heteroatoms. The molecule has 4 aromatic rings. The van der Waals surface area contributed by atoms with E-state index in [0.717, 1.165) is 59.6 Å². The molecule has 0 bridgehead atoms. The molecular formula is C24H21Cl3N4. The summed E-state index contributed by atoms with van der Waals surface area (Å²) in [6, 6.07) is 16.1. The Morgan fingerprint density at radius 2 is 1.55 bits per heavy atom. The molecular weight excluding hydrogens is 451 g/mol. The van der Waals surface area contributed by atoms with Gasteiger partial charge in [-0.3, -0.25) is 0 Å². The van der Waals surface area contributed by atoms with E-state index in [9.17, 15) is 0 Å². The van der Waals surface area contributed by atoms with E-state index in [1.165, 1.54) is 5.69 Å². The molecule has 1 aliphatic heterocycles. The van der Waals surface area contributed by atoms with Crippen LogP contribution in [0.3, 0.4) is 0 Å². The Morgan fingerprint density at radius 3 is 2.23 bits per heavy atom. The first-order valence-corrected chi connectivity index (χ1v) is 11.3. The average Bonchev–Trinajstić information content (AvgIpc) is 3.08. The second-order valence-corrected chi connectivity index (χ2v) is 9.00. The Balaban J connectivity index is 1.71. The lowest BCUT2D eigenvalue weighted by Gasteiger charge is -2.29. The van der Waals surface area contributed by atoms with Gasteiger partial charge in [-0.2, -0.15) is 0 Å². The quantitative estimate of drug-likeness (QED) is 0.382. The highest BCUT2D eigenvalue weighted by atomic mass is 35.5. The second kappa shape index (κ2) is 8.36. The number of rotatable bonds is 3. The smallest absolute Gasteiger partial charge is 0.142 e. The van der Waals surface area contributed by atoms with E-state index in [4.69, 9.17) is 34.8 Å². The molecule has 0 atom stereocenters. The first-order valence-electron chi connectivity index (χ1n) is 10.2. The molecule has 4 nitrogen and oxygen atoms in total. The Labute approximate surface area is 196 Å². The van der Waals surface area contributed by atoms with Gasteiger partial charge < -0.3 is 14.8 Å². The summed E-state index contributed by atoms with van der Waals surface area (Å²) in [6.45, 7) is 4.04. The molecule has 31 heavy (non-hydrogen) atoms. The number of halogens is 3. The molecule has 0 saturated carbocycles. The zero-order chi connectivity index (χ0) is 21.5. The highest BCUT2D eigenvalue weighted by Crippen LogP contribution is 2.44. The third-order valence-electron chi connectivity index (χ3n) is 5.79. The normalized spacial score (nSPS) is 14.4. The van der Waals surface area contributed by atoms with Crippen LogP contribution >= 0.6 is 34.8 Å². The summed E-state index contributed by atoms with van der Waals surface area (Å²) in [7, 11) is 2.01. The van der Waals surface area contributed by atoms with E-state index in [1.807, 2.05) is 25.2 Å². The monoisotopic (exact) mass is 470 g/mol. The summed E-state index contributed by atoms with van der Waals surface area (Å²) in [6.07, 6.45) is 1.73. The minimum absolute atomic E-state index is 0.583. The molecule has 5 rings (SSSR count).